The lowest BCUT2D eigenvalue weighted by Gasteiger charge is -2.21. The summed E-state index contributed by atoms with van der Waals surface area (Å²) < 4.78 is 0. The van der Waals surface area contributed by atoms with E-state index in [1.54, 1.807) is 11.8 Å². The Morgan fingerprint density at radius 2 is 1.95 bits per heavy atom. The van der Waals surface area contributed by atoms with Crippen molar-refractivity contribution < 1.29 is 4.79 Å². The molecule has 1 unspecified atom stereocenters. The molecule has 1 atom stereocenters. The third-order valence-corrected chi connectivity index (χ3v) is 3.17. The van der Waals surface area contributed by atoms with Crippen molar-refractivity contribution in [3.63, 3.8) is 0 Å². The van der Waals surface area contributed by atoms with Crippen LogP contribution in [0.4, 0.5) is 17.8 Å². The molecule has 2 heterocycles. The lowest BCUT2D eigenvalue weighted by molar-refractivity contribution is -0.130. The zero-order valence-corrected chi connectivity index (χ0v) is 12.1. The molecule has 0 saturated carbocycles. The number of carbonyl (C=O) groups is 1. The molecule has 1 saturated heterocycles. The first kappa shape index (κ1) is 14.3. The normalized spacial score (nSPS) is 16.1. The summed E-state index contributed by atoms with van der Waals surface area (Å²) in [6.45, 7) is 3.45. The summed E-state index contributed by atoms with van der Waals surface area (Å²) in [4.78, 5) is 28.0. The van der Waals surface area contributed by atoms with Crippen LogP contribution in [-0.2, 0) is 4.79 Å². The molecule has 3 N–H and O–H groups in total. The number of carbonyl (C=O) groups excluding carboxylic acids is 1. The van der Waals surface area contributed by atoms with Crippen LogP contribution >= 0.6 is 0 Å². The lowest BCUT2D eigenvalue weighted by atomic mass is 10.3. The number of hydrogen-bond donors (Lipinski definition) is 2. The molecular weight excluding hydrogens is 258 g/mol. The van der Waals surface area contributed by atoms with Gasteiger partial charge in [-0.25, -0.2) is 0 Å². The van der Waals surface area contributed by atoms with Crippen molar-refractivity contribution in [3.05, 3.63) is 0 Å². The molecule has 2 rings (SSSR count). The first-order chi connectivity index (χ1) is 9.47. The van der Waals surface area contributed by atoms with Crippen LogP contribution < -0.4 is 16.0 Å². The number of aromatic nitrogens is 3. The van der Waals surface area contributed by atoms with Gasteiger partial charge in [-0.1, -0.05) is 0 Å². The van der Waals surface area contributed by atoms with Crippen LogP contribution in [-0.4, -0.2) is 59.0 Å². The van der Waals surface area contributed by atoms with E-state index in [4.69, 9.17) is 5.73 Å². The minimum Gasteiger partial charge on any atom is -0.368 e. The Labute approximate surface area is 118 Å². The van der Waals surface area contributed by atoms with E-state index in [0.29, 0.717) is 11.9 Å². The Hall–Kier alpha value is -2.12. The maximum Gasteiger partial charge on any atom is 0.244 e. The second-order valence-electron chi connectivity index (χ2n) is 5.11. The highest BCUT2D eigenvalue weighted by atomic mass is 16.2. The van der Waals surface area contributed by atoms with Gasteiger partial charge in [0.05, 0.1) is 0 Å². The minimum atomic E-state index is -0.384. The van der Waals surface area contributed by atoms with Gasteiger partial charge in [0.2, 0.25) is 23.8 Å². The molecule has 0 aliphatic carbocycles. The number of hydrogen-bond acceptors (Lipinski definition) is 7. The van der Waals surface area contributed by atoms with E-state index in [1.165, 1.54) is 0 Å². The Kier molecular flexibility index (Phi) is 4.21. The number of likely N-dealkylation sites (tertiary alicyclic amines) is 1. The molecule has 1 aromatic heterocycles. The van der Waals surface area contributed by atoms with Gasteiger partial charge in [-0.2, -0.15) is 15.0 Å². The first-order valence-electron chi connectivity index (χ1n) is 6.71. The van der Waals surface area contributed by atoms with Gasteiger partial charge in [-0.3, -0.25) is 4.79 Å². The third kappa shape index (κ3) is 3.25. The van der Waals surface area contributed by atoms with E-state index in [2.05, 4.69) is 20.3 Å². The van der Waals surface area contributed by atoms with Gasteiger partial charge in [0, 0.05) is 27.2 Å². The predicted octanol–water partition coefficient (Wildman–Crippen LogP) is -0.0574. The van der Waals surface area contributed by atoms with Crippen molar-refractivity contribution in [2.24, 2.45) is 0 Å². The Bertz CT molecular complexity index is 485. The quantitative estimate of drug-likeness (QED) is 0.796. The molecule has 1 amide bonds. The Balaban J connectivity index is 2.06. The Morgan fingerprint density at radius 3 is 2.55 bits per heavy atom. The van der Waals surface area contributed by atoms with Gasteiger partial charge in [-0.15, -0.1) is 0 Å². The van der Waals surface area contributed by atoms with Crippen LogP contribution in [0.5, 0.6) is 0 Å². The van der Waals surface area contributed by atoms with E-state index in [-0.39, 0.29) is 17.9 Å². The molecule has 20 heavy (non-hydrogen) atoms. The summed E-state index contributed by atoms with van der Waals surface area (Å²) in [5, 5.41) is 2.99. The predicted molar refractivity (Wildman–Crippen MR) is 77.5 cm³/mol. The van der Waals surface area contributed by atoms with Gasteiger partial charge in [0.25, 0.3) is 0 Å². The van der Waals surface area contributed by atoms with Crippen molar-refractivity contribution >= 4 is 23.8 Å². The van der Waals surface area contributed by atoms with Crippen molar-refractivity contribution in [2.75, 3.05) is 43.1 Å². The molecule has 8 heteroatoms. The lowest BCUT2D eigenvalue weighted by Crippen LogP contribution is -2.40. The zero-order valence-electron chi connectivity index (χ0n) is 12.1. The summed E-state index contributed by atoms with van der Waals surface area (Å²) in [6, 6.07) is -0.384. The summed E-state index contributed by atoms with van der Waals surface area (Å²) in [7, 11) is 3.63. The van der Waals surface area contributed by atoms with Crippen LogP contribution in [0, 0.1) is 0 Å². The fourth-order valence-corrected chi connectivity index (χ4v) is 2.11. The number of nitrogens with zero attached hydrogens (tertiary/aromatic N) is 5. The minimum absolute atomic E-state index is 0.0629. The molecule has 8 nitrogen and oxygen atoms in total. The largest absolute Gasteiger partial charge is 0.368 e. The van der Waals surface area contributed by atoms with Gasteiger partial charge < -0.3 is 20.9 Å². The molecule has 0 aromatic carbocycles. The number of nitrogens with one attached hydrogen (secondary N) is 1. The van der Waals surface area contributed by atoms with Crippen LogP contribution in [0.3, 0.4) is 0 Å². The fraction of sp³-hybridized carbons (Fsp3) is 0.667. The summed E-state index contributed by atoms with van der Waals surface area (Å²) in [5.74, 6) is 0.974. The number of amides is 1. The van der Waals surface area contributed by atoms with E-state index in [0.717, 1.165) is 25.9 Å². The Morgan fingerprint density at radius 1 is 1.30 bits per heavy atom. The topological polar surface area (TPSA) is 100 Å². The number of nitrogens with two attached hydrogens (primary N) is 1. The SMILES string of the molecule is CC(Nc1nc(N)nc(N(C)C)n1)C(=O)N1CCCC1. The molecule has 1 aliphatic heterocycles. The van der Waals surface area contributed by atoms with Crippen molar-refractivity contribution in [1.82, 2.24) is 19.9 Å². The average Bonchev–Trinajstić information content (AvgIpc) is 2.90. The van der Waals surface area contributed by atoms with E-state index in [1.807, 2.05) is 19.0 Å². The zero-order chi connectivity index (χ0) is 14.7. The van der Waals surface area contributed by atoms with Crippen LogP contribution in [0.25, 0.3) is 0 Å². The van der Waals surface area contributed by atoms with Crippen molar-refractivity contribution in [2.45, 2.75) is 25.8 Å². The second kappa shape index (κ2) is 5.89. The summed E-state index contributed by atoms with van der Waals surface area (Å²) in [5.41, 5.74) is 5.65. The maximum atomic E-state index is 12.2. The van der Waals surface area contributed by atoms with Crippen LogP contribution in [0.1, 0.15) is 19.8 Å². The molecule has 0 spiro atoms. The highest BCUT2D eigenvalue weighted by Gasteiger charge is 2.23. The van der Waals surface area contributed by atoms with E-state index in [9.17, 15) is 4.79 Å². The monoisotopic (exact) mass is 279 g/mol. The highest BCUT2D eigenvalue weighted by molar-refractivity contribution is 5.84. The van der Waals surface area contributed by atoms with Crippen molar-refractivity contribution in [1.29, 1.82) is 0 Å². The summed E-state index contributed by atoms with van der Waals surface area (Å²) in [6.07, 6.45) is 2.14. The highest BCUT2D eigenvalue weighted by Crippen LogP contribution is 2.13. The molecule has 0 bridgehead atoms. The van der Waals surface area contributed by atoms with Crippen molar-refractivity contribution in [3.8, 4) is 0 Å². The molecule has 0 radical (unpaired) electrons. The number of nitrogen functional groups attached to an aromatic ring is 1. The molecule has 110 valence electrons. The standard InChI is InChI=1S/C12H21N7O/c1-8(9(20)19-6-4-5-7-19)14-11-15-10(13)16-12(17-11)18(2)3/h8H,4-7H2,1-3H3,(H3,13,14,15,16,17). The fourth-order valence-electron chi connectivity index (χ4n) is 2.11. The van der Waals surface area contributed by atoms with E-state index < -0.39 is 0 Å². The summed E-state index contributed by atoms with van der Waals surface area (Å²) >= 11 is 0. The first-order valence-corrected chi connectivity index (χ1v) is 6.71. The van der Waals surface area contributed by atoms with Crippen LogP contribution in [0.15, 0.2) is 0 Å². The smallest absolute Gasteiger partial charge is 0.244 e. The third-order valence-electron chi connectivity index (χ3n) is 3.17. The number of rotatable bonds is 4. The van der Waals surface area contributed by atoms with Gasteiger partial charge in [0.15, 0.2) is 0 Å². The molecular formula is C12H21N7O. The second-order valence-corrected chi connectivity index (χ2v) is 5.11. The average molecular weight is 279 g/mol. The van der Waals surface area contributed by atoms with Crippen LogP contribution in [0.2, 0.25) is 0 Å². The van der Waals surface area contributed by atoms with Gasteiger partial charge in [0.1, 0.15) is 6.04 Å². The molecule has 1 aromatic rings. The molecule has 1 fully saturated rings. The van der Waals surface area contributed by atoms with Gasteiger partial charge in [-0.05, 0) is 19.8 Å². The molecule has 1 aliphatic rings. The number of anilines is 3. The van der Waals surface area contributed by atoms with E-state index >= 15 is 0 Å². The van der Waals surface area contributed by atoms with Gasteiger partial charge >= 0.3 is 0 Å². The maximum absolute atomic E-state index is 12.2.